The molecule has 2 N–H and O–H groups in total. The third kappa shape index (κ3) is 280. The molecule has 0 unspecified atom stereocenters. The molecule has 76 valence electrons. The zero-order valence-electron chi connectivity index (χ0n) is 8.79. The maximum Gasteiger partial charge on any atom is 0.126 e. The summed E-state index contributed by atoms with van der Waals surface area (Å²) >= 11 is 0. The lowest BCUT2D eigenvalue weighted by Crippen LogP contribution is -1.90. The van der Waals surface area contributed by atoms with Crippen molar-refractivity contribution >= 4 is 5.78 Å². The van der Waals surface area contributed by atoms with E-state index in [-0.39, 0.29) is 12.4 Å². The van der Waals surface area contributed by atoms with Crippen molar-refractivity contribution in [3.8, 4) is 0 Å². The Kier molecular flexibility index (Phi) is 24.8. The monoisotopic (exact) mass is 178 g/mol. The molecule has 0 fully saturated rings. The number of aliphatic hydroxyl groups is 2. The van der Waals surface area contributed by atoms with E-state index in [9.17, 15) is 4.79 Å². The summed E-state index contributed by atoms with van der Waals surface area (Å²) in [5.74, 6) is 0.606. The van der Waals surface area contributed by atoms with E-state index in [1.165, 1.54) is 13.8 Å². The minimum Gasteiger partial charge on any atom is -0.397 e. The third-order valence-corrected chi connectivity index (χ3v) is 0.365. The van der Waals surface area contributed by atoms with Gasteiger partial charge in [0.05, 0.1) is 0 Å². The highest BCUT2D eigenvalue weighted by Gasteiger charge is 1.81. The van der Waals surface area contributed by atoms with Crippen molar-refractivity contribution in [3.63, 3.8) is 0 Å². The molecule has 0 rings (SSSR count). The molecule has 0 bridgehead atoms. The normalized spacial score (nSPS) is 7.67. The average Bonchev–Trinajstić information content (AvgIpc) is 1.88. The van der Waals surface area contributed by atoms with Crippen molar-refractivity contribution in [2.75, 3.05) is 13.2 Å². The maximum absolute atomic E-state index is 9.44. The Balaban J connectivity index is -0.000000105. The van der Waals surface area contributed by atoms with Crippen LogP contribution in [0.1, 0.15) is 34.6 Å². The second-order valence-corrected chi connectivity index (χ2v) is 2.80. The van der Waals surface area contributed by atoms with Gasteiger partial charge in [-0.25, -0.2) is 0 Å². The van der Waals surface area contributed by atoms with Gasteiger partial charge in [0, 0.05) is 13.2 Å². The molecule has 0 aliphatic carbocycles. The number of Topliss-reactive ketones (excluding diaryl/α,β-unsaturated/α-hetero) is 1. The number of rotatable bonds is 1. The molecule has 0 radical (unpaired) electrons. The second kappa shape index (κ2) is 16.9. The van der Waals surface area contributed by atoms with Crippen LogP contribution in [0.5, 0.6) is 0 Å². The third-order valence-electron chi connectivity index (χ3n) is 0.365. The average molecular weight is 178 g/mol. The molecule has 0 aromatic rings. The molecular formula is C9H22O3. The summed E-state index contributed by atoms with van der Waals surface area (Å²) < 4.78 is 0. The fourth-order valence-corrected chi connectivity index (χ4v) is 0. The Morgan fingerprint density at radius 2 is 1.33 bits per heavy atom. The Bertz CT molecular complexity index is 75.8. The van der Waals surface area contributed by atoms with Crippen LogP contribution in [0, 0.1) is 5.92 Å². The molecule has 0 spiro atoms. The lowest BCUT2D eigenvalue weighted by Gasteiger charge is -1.90. The van der Waals surface area contributed by atoms with Crippen molar-refractivity contribution < 1.29 is 15.0 Å². The number of aliphatic hydroxyl groups excluding tert-OH is 2. The van der Waals surface area contributed by atoms with Gasteiger partial charge >= 0.3 is 0 Å². The van der Waals surface area contributed by atoms with Crippen molar-refractivity contribution in [3.05, 3.63) is 0 Å². The first-order valence-corrected chi connectivity index (χ1v) is 4.11. The maximum atomic E-state index is 9.44. The van der Waals surface area contributed by atoms with Crippen LogP contribution < -0.4 is 0 Å². The van der Waals surface area contributed by atoms with E-state index >= 15 is 0 Å². The molecule has 0 aliphatic heterocycles. The summed E-state index contributed by atoms with van der Waals surface area (Å²) in [7, 11) is 0. The lowest BCUT2D eigenvalue weighted by molar-refractivity contribution is -0.114. The largest absolute Gasteiger partial charge is 0.397 e. The van der Waals surface area contributed by atoms with Gasteiger partial charge in [-0.1, -0.05) is 13.8 Å². The van der Waals surface area contributed by atoms with E-state index in [0.717, 1.165) is 0 Å². The Labute approximate surface area is 75.4 Å². The van der Waals surface area contributed by atoms with Crippen LogP contribution in [-0.4, -0.2) is 29.2 Å². The van der Waals surface area contributed by atoms with Crippen molar-refractivity contribution in [1.82, 2.24) is 0 Å². The van der Waals surface area contributed by atoms with Crippen molar-refractivity contribution in [2.45, 2.75) is 34.6 Å². The van der Waals surface area contributed by atoms with Gasteiger partial charge in [-0.05, 0) is 26.7 Å². The van der Waals surface area contributed by atoms with E-state index < -0.39 is 0 Å². The zero-order chi connectivity index (χ0) is 10.6. The summed E-state index contributed by atoms with van der Waals surface area (Å²) in [5, 5.41) is 15.7. The van der Waals surface area contributed by atoms with E-state index in [1.807, 2.05) is 13.8 Å². The molecule has 0 aromatic heterocycles. The zero-order valence-corrected chi connectivity index (χ0v) is 8.79. The first-order chi connectivity index (χ1) is 5.42. The molecule has 0 heterocycles. The van der Waals surface area contributed by atoms with Crippen molar-refractivity contribution in [1.29, 1.82) is 0 Å². The van der Waals surface area contributed by atoms with Gasteiger partial charge in [0.25, 0.3) is 0 Å². The predicted molar refractivity (Wildman–Crippen MR) is 51.0 cm³/mol. The summed E-state index contributed by atoms with van der Waals surface area (Å²) in [6.07, 6.45) is 0. The van der Waals surface area contributed by atoms with Crippen LogP contribution >= 0.6 is 0 Å². The quantitative estimate of drug-likeness (QED) is 0.635. The number of ketones is 1. The molecule has 0 aromatic carbocycles. The Morgan fingerprint density at radius 3 is 1.33 bits per heavy atom. The van der Waals surface area contributed by atoms with Gasteiger partial charge in [0.1, 0.15) is 5.78 Å². The fraction of sp³-hybridized carbons (Fsp3) is 0.889. The molecule has 3 heteroatoms. The van der Waals surface area contributed by atoms with Crippen LogP contribution in [0.3, 0.4) is 0 Å². The molecule has 0 atom stereocenters. The van der Waals surface area contributed by atoms with Gasteiger partial charge in [0.15, 0.2) is 0 Å². The van der Waals surface area contributed by atoms with Crippen LogP contribution in [0.2, 0.25) is 0 Å². The lowest BCUT2D eigenvalue weighted by atomic mass is 10.2. The fourth-order valence-electron chi connectivity index (χ4n) is 0. The van der Waals surface area contributed by atoms with Gasteiger partial charge in [-0.3, -0.25) is 0 Å². The van der Waals surface area contributed by atoms with Gasteiger partial charge in [-0.2, -0.15) is 0 Å². The number of hydrogen-bond acceptors (Lipinski definition) is 3. The Hall–Kier alpha value is -0.410. The molecule has 0 amide bonds. The highest BCUT2D eigenvalue weighted by Crippen LogP contribution is 1.83. The van der Waals surface area contributed by atoms with E-state index in [0.29, 0.717) is 12.5 Å². The predicted octanol–water partition coefficient (Wildman–Crippen LogP) is 1.23. The van der Waals surface area contributed by atoms with Gasteiger partial charge < -0.3 is 15.0 Å². The highest BCUT2D eigenvalue weighted by atomic mass is 16.3. The second-order valence-electron chi connectivity index (χ2n) is 2.80. The van der Waals surface area contributed by atoms with Gasteiger partial charge in [0.2, 0.25) is 0 Å². The minimum atomic E-state index is 0.167. The van der Waals surface area contributed by atoms with E-state index in [2.05, 4.69) is 0 Å². The van der Waals surface area contributed by atoms with E-state index in [4.69, 9.17) is 10.2 Å². The van der Waals surface area contributed by atoms with Gasteiger partial charge in [-0.15, -0.1) is 0 Å². The topological polar surface area (TPSA) is 57.5 Å². The van der Waals surface area contributed by atoms with Crippen LogP contribution in [0.15, 0.2) is 0 Å². The summed E-state index contributed by atoms with van der Waals surface area (Å²) in [6.45, 7) is 9.24. The van der Waals surface area contributed by atoms with Crippen LogP contribution in [0.25, 0.3) is 0 Å². The van der Waals surface area contributed by atoms with Crippen LogP contribution in [0.4, 0.5) is 0 Å². The summed E-state index contributed by atoms with van der Waals surface area (Å²) in [5.41, 5.74) is 0. The molecular weight excluding hydrogens is 156 g/mol. The summed E-state index contributed by atoms with van der Waals surface area (Å²) in [4.78, 5) is 9.44. The molecule has 3 nitrogen and oxygen atoms in total. The molecule has 12 heavy (non-hydrogen) atoms. The first kappa shape index (κ1) is 17.6. The standard InChI is InChI=1S/C4H10O.C3H6O.C2H6O/c1-4(2)3-5;1-3(2)4;1-2-3/h4-5H,3H2,1-2H3;1-2H3;3H,2H2,1H3. The number of carbonyl (C=O) groups excluding carboxylic acids is 1. The highest BCUT2D eigenvalue weighted by molar-refractivity contribution is 5.72. The molecule has 0 saturated heterocycles. The van der Waals surface area contributed by atoms with Crippen molar-refractivity contribution in [2.24, 2.45) is 5.92 Å². The first-order valence-electron chi connectivity index (χ1n) is 4.11. The summed E-state index contributed by atoms with van der Waals surface area (Å²) in [6, 6.07) is 0. The smallest absolute Gasteiger partial charge is 0.126 e. The number of carbonyl (C=O) groups is 1. The number of hydrogen-bond donors (Lipinski definition) is 2. The van der Waals surface area contributed by atoms with E-state index in [1.54, 1.807) is 6.92 Å². The molecule has 0 saturated carbocycles. The Morgan fingerprint density at radius 1 is 1.25 bits per heavy atom. The SMILES string of the molecule is CC(C)=O.CC(C)CO.CCO. The minimum absolute atomic E-state index is 0.167. The molecule has 0 aliphatic rings. The van der Waals surface area contributed by atoms with Crippen LogP contribution in [-0.2, 0) is 4.79 Å².